The van der Waals surface area contributed by atoms with Crippen LogP contribution in [0.4, 0.5) is 0 Å². The molecule has 1 aromatic heterocycles. The van der Waals surface area contributed by atoms with Crippen LogP contribution in [0.2, 0.25) is 0 Å². The van der Waals surface area contributed by atoms with Crippen molar-refractivity contribution < 1.29 is 0 Å². The predicted molar refractivity (Wildman–Crippen MR) is 133 cm³/mol. The second kappa shape index (κ2) is 12.6. The molecule has 1 aliphatic heterocycles. The molecule has 3 rings (SSSR count). The highest BCUT2D eigenvalue weighted by Gasteiger charge is 2.18. The molecule has 2 heterocycles. The number of pyridine rings is 1. The summed E-state index contributed by atoms with van der Waals surface area (Å²) >= 11 is 0. The number of rotatable bonds is 6. The van der Waals surface area contributed by atoms with Gasteiger partial charge in [-0.2, -0.15) is 0 Å². The van der Waals surface area contributed by atoms with E-state index in [1.54, 1.807) is 0 Å². The van der Waals surface area contributed by atoms with Crippen molar-refractivity contribution in [3.8, 4) is 0 Å². The van der Waals surface area contributed by atoms with Gasteiger partial charge in [0.15, 0.2) is 5.96 Å². The van der Waals surface area contributed by atoms with Gasteiger partial charge in [0, 0.05) is 58.7 Å². The van der Waals surface area contributed by atoms with E-state index >= 15 is 0 Å². The Bertz CT molecular complexity index is 783. The third kappa shape index (κ3) is 7.44. The number of benzene rings is 1. The van der Waals surface area contributed by atoms with Crippen molar-refractivity contribution in [3.63, 3.8) is 0 Å². The molecule has 0 aliphatic carbocycles. The first-order valence-electron chi connectivity index (χ1n) is 10.1. The maximum absolute atomic E-state index is 4.48. The van der Waals surface area contributed by atoms with E-state index in [0.717, 1.165) is 51.6 Å². The van der Waals surface area contributed by atoms with Gasteiger partial charge in [-0.15, -0.1) is 24.0 Å². The Morgan fingerprint density at radius 3 is 2.59 bits per heavy atom. The molecule has 1 aliphatic rings. The number of nitrogens with one attached hydrogen (secondary N) is 1. The molecule has 1 aromatic carbocycles. The second-order valence-electron chi connectivity index (χ2n) is 7.13. The van der Waals surface area contributed by atoms with Gasteiger partial charge in [0.25, 0.3) is 0 Å². The van der Waals surface area contributed by atoms with E-state index < -0.39 is 0 Å². The summed E-state index contributed by atoms with van der Waals surface area (Å²) in [6, 6.07) is 12.6. The van der Waals surface area contributed by atoms with Gasteiger partial charge >= 0.3 is 0 Å². The Kier molecular flexibility index (Phi) is 10.1. The number of aryl methyl sites for hydroxylation is 1. The molecule has 156 valence electrons. The first kappa shape index (κ1) is 23.3. The zero-order valence-electron chi connectivity index (χ0n) is 17.4. The molecule has 0 bridgehead atoms. The van der Waals surface area contributed by atoms with Crippen LogP contribution in [0.5, 0.6) is 0 Å². The van der Waals surface area contributed by atoms with Crippen molar-refractivity contribution in [2.75, 3.05) is 46.3 Å². The summed E-state index contributed by atoms with van der Waals surface area (Å²) < 4.78 is 0. The fourth-order valence-electron chi connectivity index (χ4n) is 3.47. The summed E-state index contributed by atoms with van der Waals surface area (Å²) in [5, 5.41) is 3.52. The van der Waals surface area contributed by atoms with Crippen LogP contribution in [0.25, 0.3) is 6.08 Å². The van der Waals surface area contributed by atoms with Gasteiger partial charge in [0.05, 0.1) is 0 Å². The van der Waals surface area contributed by atoms with Crippen molar-refractivity contribution in [1.29, 1.82) is 0 Å². The Morgan fingerprint density at radius 1 is 1.14 bits per heavy atom. The molecule has 0 unspecified atom stereocenters. The Morgan fingerprint density at radius 2 is 1.90 bits per heavy atom. The van der Waals surface area contributed by atoms with Crippen molar-refractivity contribution in [2.24, 2.45) is 4.99 Å². The summed E-state index contributed by atoms with van der Waals surface area (Å²) in [5.41, 5.74) is 3.85. The van der Waals surface area contributed by atoms with Crippen LogP contribution in [0.1, 0.15) is 16.7 Å². The van der Waals surface area contributed by atoms with E-state index in [4.69, 9.17) is 0 Å². The molecule has 0 amide bonds. The minimum absolute atomic E-state index is 0. The molecule has 6 heteroatoms. The average molecular weight is 505 g/mol. The fraction of sp³-hybridized carbons (Fsp3) is 0.391. The zero-order valence-corrected chi connectivity index (χ0v) is 19.8. The predicted octanol–water partition coefficient (Wildman–Crippen LogP) is 3.46. The SMILES string of the molecule is CN=C(NCCc1ccncc1C)N1CCN(C/C=C/c2ccccc2)CC1.I. The first-order valence-corrected chi connectivity index (χ1v) is 10.1. The number of nitrogens with zero attached hydrogens (tertiary/aromatic N) is 4. The van der Waals surface area contributed by atoms with Crippen LogP contribution in [-0.4, -0.2) is 67.1 Å². The minimum Gasteiger partial charge on any atom is -0.356 e. The quantitative estimate of drug-likeness (QED) is 0.371. The summed E-state index contributed by atoms with van der Waals surface area (Å²) in [5.74, 6) is 1.01. The minimum atomic E-state index is 0. The van der Waals surface area contributed by atoms with Gasteiger partial charge in [-0.05, 0) is 36.1 Å². The Hall–Kier alpha value is -1.93. The van der Waals surface area contributed by atoms with Crippen LogP contribution < -0.4 is 5.32 Å². The van der Waals surface area contributed by atoms with Crippen LogP contribution in [-0.2, 0) is 6.42 Å². The first-order chi connectivity index (χ1) is 13.8. The topological polar surface area (TPSA) is 43.8 Å². The smallest absolute Gasteiger partial charge is 0.193 e. The lowest BCUT2D eigenvalue weighted by molar-refractivity contribution is 0.194. The number of aliphatic imine (C=N–C) groups is 1. The molecule has 1 fully saturated rings. The van der Waals surface area contributed by atoms with Gasteiger partial charge < -0.3 is 10.2 Å². The number of hydrogen-bond acceptors (Lipinski definition) is 3. The number of halogens is 1. The molecule has 29 heavy (non-hydrogen) atoms. The van der Waals surface area contributed by atoms with Gasteiger partial charge in [-0.3, -0.25) is 14.9 Å². The number of aromatic nitrogens is 1. The van der Waals surface area contributed by atoms with Crippen molar-refractivity contribution in [2.45, 2.75) is 13.3 Å². The monoisotopic (exact) mass is 505 g/mol. The lowest BCUT2D eigenvalue weighted by Crippen LogP contribution is -2.52. The normalized spacial score (nSPS) is 15.4. The molecule has 1 N–H and O–H groups in total. The van der Waals surface area contributed by atoms with Gasteiger partial charge in [0.2, 0.25) is 0 Å². The average Bonchev–Trinajstić information content (AvgIpc) is 2.74. The highest BCUT2D eigenvalue weighted by molar-refractivity contribution is 14.0. The number of hydrogen-bond donors (Lipinski definition) is 1. The maximum Gasteiger partial charge on any atom is 0.193 e. The van der Waals surface area contributed by atoms with E-state index in [2.05, 4.69) is 80.6 Å². The lowest BCUT2D eigenvalue weighted by Gasteiger charge is -2.36. The molecule has 1 saturated heterocycles. The summed E-state index contributed by atoms with van der Waals surface area (Å²) in [6.07, 6.45) is 9.24. The zero-order chi connectivity index (χ0) is 19.6. The number of guanidine groups is 1. The lowest BCUT2D eigenvalue weighted by atomic mass is 10.1. The van der Waals surface area contributed by atoms with E-state index in [1.165, 1.54) is 16.7 Å². The van der Waals surface area contributed by atoms with Gasteiger partial charge in [-0.1, -0.05) is 42.5 Å². The van der Waals surface area contributed by atoms with E-state index in [9.17, 15) is 0 Å². The molecule has 0 saturated carbocycles. The van der Waals surface area contributed by atoms with Crippen LogP contribution in [0, 0.1) is 6.92 Å². The Labute approximate surface area is 192 Å². The largest absolute Gasteiger partial charge is 0.356 e. The van der Waals surface area contributed by atoms with Crippen molar-refractivity contribution in [1.82, 2.24) is 20.1 Å². The Balaban J connectivity index is 0.00000300. The molecule has 0 spiro atoms. The molecular formula is C23H32IN5. The molecular weight excluding hydrogens is 473 g/mol. The number of piperazine rings is 1. The van der Waals surface area contributed by atoms with Crippen molar-refractivity contribution in [3.05, 3.63) is 71.6 Å². The maximum atomic E-state index is 4.48. The third-order valence-electron chi connectivity index (χ3n) is 5.17. The summed E-state index contributed by atoms with van der Waals surface area (Å²) in [4.78, 5) is 13.5. The van der Waals surface area contributed by atoms with Crippen molar-refractivity contribution >= 4 is 36.0 Å². The summed E-state index contributed by atoms with van der Waals surface area (Å²) in [7, 11) is 1.87. The standard InChI is InChI=1S/C23H31N5.HI/c1-20-19-25-12-10-22(20)11-13-26-23(24-2)28-17-15-27(16-18-28)14-6-9-21-7-4-3-5-8-21;/h3-10,12,19H,11,13-18H2,1-2H3,(H,24,26);1H/b9-6+;. The van der Waals surface area contributed by atoms with Crippen LogP contribution in [0.15, 0.2) is 59.9 Å². The van der Waals surface area contributed by atoms with Crippen LogP contribution in [0.3, 0.4) is 0 Å². The third-order valence-corrected chi connectivity index (χ3v) is 5.17. The molecule has 0 atom stereocenters. The van der Waals surface area contributed by atoms with E-state index in [0.29, 0.717) is 0 Å². The summed E-state index contributed by atoms with van der Waals surface area (Å²) in [6.45, 7) is 8.13. The molecule has 2 aromatic rings. The second-order valence-corrected chi connectivity index (χ2v) is 7.13. The highest BCUT2D eigenvalue weighted by atomic mass is 127. The van der Waals surface area contributed by atoms with Gasteiger partial charge in [-0.25, -0.2) is 0 Å². The van der Waals surface area contributed by atoms with E-state index in [-0.39, 0.29) is 24.0 Å². The fourth-order valence-corrected chi connectivity index (χ4v) is 3.47. The van der Waals surface area contributed by atoms with Gasteiger partial charge in [0.1, 0.15) is 0 Å². The molecule has 5 nitrogen and oxygen atoms in total. The highest BCUT2D eigenvalue weighted by Crippen LogP contribution is 2.07. The van der Waals surface area contributed by atoms with Crippen LogP contribution >= 0.6 is 24.0 Å². The van der Waals surface area contributed by atoms with E-state index in [1.807, 2.05) is 19.4 Å². The molecule has 0 radical (unpaired) electrons.